The second-order valence-corrected chi connectivity index (χ2v) is 46.6. The number of hydrogen-bond acceptors (Lipinski definition) is 0. The molecule has 34 heavy (non-hydrogen) atoms. The molecule has 6 heteroatoms. The molecule has 3 rings (SSSR count). The molecule has 1 aliphatic heterocycles. The van der Waals surface area contributed by atoms with E-state index in [1.165, 1.54) is 12.8 Å². The first-order valence-electron chi connectivity index (χ1n) is 13.3. The molecule has 1 heterocycles. The molecule has 0 nitrogen and oxygen atoms in total. The zero-order valence-corrected chi connectivity index (χ0v) is 30.2. The molecule has 0 N–H and O–H groups in total. The summed E-state index contributed by atoms with van der Waals surface area (Å²) in [4.78, 5) is 0. The van der Waals surface area contributed by atoms with Crippen LogP contribution in [0.4, 0.5) is 0 Å². The standard InChI is InChI=1S/C28H50Si6/c1-31(2,3)27(32(4,5)6)23-24-28(33(7,8)9,34(10,11)12)30(26-21-17-14-18-22-26)29(27)25-19-15-13-16-20-25/h13-22H,23-24H2,1-12H3. The van der Waals surface area contributed by atoms with E-state index >= 15 is 0 Å². The van der Waals surface area contributed by atoms with Crippen molar-refractivity contribution in [2.45, 2.75) is 100.0 Å². The summed E-state index contributed by atoms with van der Waals surface area (Å²) in [7, 11) is -7.53. The first-order chi connectivity index (χ1) is 15.4. The predicted octanol–water partition coefficient (Wildman–Crippen LogP) is 7.65. The largest absolute Gasteiger partial charge is 0.0693 e. The average Bonchev–Trinajstić information content (AvgIpc) is 2.70. The Bertz CT molecular complexity index is 915. The van der Waals surface area contributed by atoms with Crippen LogP contribution in [0.25, 0.3) is 0 Å². The number of hydrogen-bond donors (Lipinski definition) is 0. The van der Waals surface area contributed by atoms with Crippen LogP contribution in [-0.2, 0) is 0 Å². The minimum atomic E-state index is -1.48. The van der Waals surface area contributed by atoms with Crippen LogP contribution in [0.15, 0.2) is 60.7 Å². The Hall–Kier alpha value is -0.259. The average molecular weight is 555 g/mol. The van der Waals surface area contributed by atoms with Crippen LogP contribution in [0, 0.1) is 0 Å². The fourth-order valence-electron chi connectivity index (χ4n) is 8.29. The molecule has 1 aliphatic rings. The van der Waals surface area contributed by atoms with Gasteiger partial charge in [-0.25, -0.2) is 0 Å². The van der Waals surface area contributed by atoms with Crippen LogP contribution in [0.1, 0.15) is 12.8 Å². The Balaban J connectivity index is 2.72. The van der Waals surface area contributed by atoms with Crippen molar-refractivity contribution in [2.24, 2.45) is 0 Å². The minimum Gasteiger partial charge on any atom is -0.0693 e. The second-order valence-electron chi connectivity index (χ2n) is 14.8. The van der Waals surface area contributed by atoms with Gasteiger partial charge in [-0.3, -0.25) is 0 Å². The van der Waals surface area contributed by atoms with Crippen molar-refractivity contribution in [3.8, 4) is 0 Å². The van der Waals surface area contributed by atoms with E-state index in [0.717, 1.165) is 0 Å². The van der Waals surface area contributed by atoms with E-state index in [4.69, 9.17) is 0 Å². The Kier molecular flexibility index (Phi) is 7.70. The van der Waals surface area contributed by atoms with Crippen LogP contribution in [0.2, 0.25) is 87.1 Å². The van der Waals surface area contributed by atoms with Crippen LogP contribution in [0.5, 0.6) is 0 Å². The summed E-state index contributed by atoms with van der Waals surface area (Å²) in [5.74, 6) is 0. The molecule has 0 fully saturated rings. The number of rotatable bonds is 6. The highest BCUT2D eigenvalue weighted by Gasteiger charge is 2.65. The summed E-state index contributed by atoms with van der Waals surface area (Å²) in [6.45, 7) is 33.0. The molecule has 0 aromatic heterocycles. The van der Waals surface area contributed by atoms with E-state index < -0.39 is 48.1 Å². The molecule has 0 bridgehead atoms. The maximum atomic E-state index is 2.75. The van der Waals surface area contributed by atoms with E-state index in [0.29, 0.717) is 8.57 Å². The first kappa shape index (κ1) is 28.3. The van der Waals surface area contributed by atoms with Gasteiger partial charge in [0.2, 0.25) is 0 Å². The lowest BCUT2D eigenvalue weighted by Crippen LogP contribution is -2.74. The van der Waals surface area contributed by atoms with Gasteiger partial charge in [0, 0.05) is 48.1 Å². The van der Waals surface area contributed by atoms with E-state index in [2.05, 4.69) is 139 Å². The predicted molar refractivity (Wildman–Crippen MR) is 172 cm³/mol. The van der Waals surface area contributed by atoms with Crippen molar-refractivity contribution in [1.29, 1.82) is 0 Å². The highest BCUT2D eigenvalue weighted by Crippen LogP contribution is 2.62. The van der Waals surface area contributed by atoms with Crippen molar-refractivity contribution in [3.63, 3.8) is 0 Å². The zero-order chi connectivity index (χ0) is 25.8. The Morgan fingerprint density at radius 3 is 0.882 bits per heavy atom. The highest BCUT2D eigenvalue weighted by atomic mass is 28.9. The van der Waals surface area contributed by atoms with Gasteiger partial charge in [0.25, 0.3) is 0 Å². The Labute approximate surface area is 218 Å². The van der Waals surface area contributed by atoms with Gasteiger partial charge in [-0.15, -0.1) is 0 Å². The molecular formula is C28H50Si6. The lowest BCUT2D eigenvalue weighted by Gasteiger charge is -2.64. The quantitative estimate of drug-likeness (QED) is 0.322. The molecule has 0 atom stereocenters. The third-order valence-electron chi connectivity index (χ3n) is 9.22. The van der Waals surface area contributed by atoms with Gasteiger partial charge in [0.15, 0.2) is 0 Å². The molecule has 2 aromatic carbocycles. The van der Waals surface area contributed by atoms with E-state index in [1.54, 1.807) is 10.4 Å². The molecular weight excluding hydrogens is 505 g/mol. The second kappa shape index (κ2) is 9.24. The molecule has 0 spiro atoms. The van der Waals surface area contributed by atoms with Gasteiger partial charge in [-0.2, -0.15) is 0 Å². The van der Waals surface area contributed by atoms with Gasteiger partial charge < -0.3 is 0 Å². The van der Waals surface area contributed by atoms with Crippen molar-refractivity contribution < 1.29 is 0 Å². The molecule has 0 radical (unpaired) electrons. The lowest BCUT2D eigenvalue weighted by atomic mass is 10.3. The smallest absolute Gasteiger partial charge is 0.0485 e. The number of benzene rings is 2. The van der Waals surface area contributed by atoms with E-state index in [-0.39, 0.29) is 0 Å². The molecule has 0 amide bonds. The fraction of sp³-hybridized carbons (Fsp3) is 0.571. The van der Waals surface area contributed by atoms with Crippen LogP contribution in [-0.4, -0.2) is 48.1 Å². The summed E-state index contributed by atoms with van der Waals surface area (Å²) < 4.78 is 1.22. The van der Waals surface area contributed by atoms with Crippen molar-refractivity contribution in [3.05, 3.63) is 60.7 Å². The van der Waals surface area contributed by atoms with Crippen LogP contribution < -0.4 is 10.4 Å². The first-order valence-corrected chi connectivity index (χ1v) is 31.3. The molecule has 0 aliphatic carbocycles. The zero-order valence-electron chi connectivity index (χ0n) is 24.2. The van der Waals surface area contributed by atoms with E-state index in [9.17, 15) is 0 Å². The van der Waals surface area contributed by atoms with Gasteiger partial charge in [0.05, 0.1) is 0 Å². The van der Waals surface area contributed by atoms with E-state index in [1.807, 2.05) is 0 Å². The van der Waals surface area contributed by atoms with Gasteiger partial charge in [-0.05, 0) is 18.9 Å². The lowest BCUT2D eigenvalue weighted by molar-refractivity contribution is 0.678. The SMILES string of the molecule is C[Si](C)(C)C1([Si](C)(C)C)CCC([Si](C)(C)C)([Si](C)(C)C)[Si](c2ccccc2)=[Si]1c1ccccc1. The summed E-state index contributed by atoms with van der Waals surface area (Å²) in [5, 5.41) is 3.55. The summed E-state index contributed by atoms with van der Waals surface area (Å²) in [5.41, 5.74) is 0. The van der Waals surface area contributed by atoms with Gasteiger partial charge >= 0.3 is 0 Å². The summed E-state index contributed by atoms with van der Waals surface area (Å²) >= 11 is 0. The van der Waals surface area contributed by atoms with Crippen molar-refractivity contribution in [2.75, 3.05) is 0 Å². The third-order valence-corrected chi connectivity index (χ3v) is 54.8. The normalized spacial score (nSPS) is 19.3. The van der Waals surface area contributed by atoms with Gasteiger partial charge in [0.1, 0.15) is 0 Å². The highest BCUT2D eigenvalue weighted by molar-refractivity contribution is 7.30. The van der Waals surface area contributed by atoms with Crippen LogP contribution >= 0.6 is 0 Å². The minimum absolute atomic E-state index is 0.610. The Morgan fingerprint density at radius 2 is 0.676 bits per heavy atom. The molecule has 0 saturated carbocycles. The van der Waals surface area contributed by atoms with Crippen molar-refractivity contribution >= 4 is 58.4 Å². The Morgan fingerprint density at radius 1 is 0.441 bits per heavy atom. The van der Waals surface area contributed by atoms with Crippen molar-refractivity contribution in [1.82, 2.24) is 0 Å². The maximum absolute atomic E-state index is 2.75. The fourth-order valence-corrected chi connectivity index (χ4v) is 71.8. The van der Waals surface area contributed by atoms with Gasteiger partial charge in [-0.1, -0.05) is 152 Å². The molecule has 0 unspecified atom stereocenters. The molecule has 2 aromatic rings. The summed E-state index contributed by atoms with van der Waals surface area (Å²) in [6, 6.07) is 24.2. The third kappa shape index (κ3) is 4.38. The molecule has 0 saturated heterocycles. The topological polar surface area (TPSA) is 0 Å². The monoisotopic (exact) mass is 554 g/mol. The van der Waals surface area contributed by atoms with Crippen LogP contribution in [0.3, 0.4) is 0 Å². The molecule has 186 valence electrons. The maximum Gasteiger partial charge on any atom is 0.0485 e. The summed E-state index contributed by atoms with van der Waals surface area (Å²) in [6.07, 6.45) is 3.02.